The van der Waals surface area contributed by atoms with E-state index in [-0.39, 0.29) is 29.2 Å². The average molecular weight is 487 g/mol. The van der Waals surface area contributed by atoms with Crippen molar-refractivity contribution in [2.24, 2.45) is 5.92 Å². The Morgan fingerprint density at radius 3 is 1.91 bits per heavy atom. The lowest BCUT2D eigenvalue weighted by Crippen LogP contribution is -2.53. The van der Waals surface area contributed by atoms with Gasteiger partial charge in [-0.15, -0.1) is 0 Å². The molecular formula is C31H38N2OS. The Labute approximate surface area is 215 Å². The molecule has 1 heterocycles. The van der Waals surface area contributed by atoms with Crippen molar-refractivity contribution in [3.8, 4) is 0 Å². The molecule has 1 unspecified atom stereocenters. The number of nitrogens with one attached hydrogen (secondary N) is 1. The first-order chi connectivity index (χ1) is 17.2. The topological polar surface area (TPSA) is 32.3 Å². The first-order valence-corrected chi connectivity index (χ1v) is 14.0. The summed E-state index contributed by atoms with van der Waals surface area (Å²) in [4.78, 5) is 13.0. The molecule has 4 heteroatoms. The molecule has 4 atom stereocenters. The highest BCUT2D eigenvalue weighted by molar-refractivity contribution is 8.13. The molecule has 3 aromatic rings. The summed E-state index contributed by atoms with van der Waals surface area (Å²) in [6.45, 7) is 4.16. The molecule has 0 saturated carbocycles. The lowest BCUT2D eigenvalue weighted by Gasteiger charge is -2.45. The Bertz CT molecular complexity index is 980. The zero-order valence-corrected chi connectivity index (χ0v) is 21.8. The molecule has 1 aliphatic heterocycles. The van der Waals surface area contributed by atoms with Gasteiger partial charge in [-0.05, 0) is 54.5 Å². The summed E-state index contributed by atoms with van der Waals surface area (Å²) in [6, 6.07) is 32.9. The van der Waals surface area contributed by atoms with Gasteiger partial charge < -0.3 is 0 Å². The zero-order valence-electron chi connectivity index (χ0n) is 21.0. The smallest absolute Gasteiger partial charge is 0.193 e. The van der Waals surface area contributed by atoms with Gasteiger partial charge in [0.05, 0.1) is 0 Å². The summed E-state index contributed by atoms with van der Waals surface area (Å²) in [5.41, 5.74) is 7.96. The van der Waals surface area contributed by atoms with Gasteiger partial charge in [-0.3, -0.25) is 10.2 Å². The van der Waals surface area contributed by atoms with Gasteiger partial charge in [-0.25, -0.2) is 5.01 Å². The van der Waals surface area contributed by atoms with Crippen molar-refractivity contribution in [3.05, 3.63) is 108 Å². The summed E-state index contributed by atoms with van der Waals surface area (Å²) in [5.74, 6) is 0.746. The number of piperidine rings is 1. The minimum absolute atomic E-state index is 0.0669. The third kappa shape index (κ3) is 6.84. The van der Waals surface area contributed by atoms with E-state index in [1.54, 1.807) is 0 Å². The van der Waals surface area contributed by atoms with Crippen molar-refractivity contribution in [1.82, 2.24) is 10.4 Å². The van der Waals surface area contributed by atoms with E-state index in [2.05, 4.69) is 115 Å². The van der Waals surface area contributed by atoms with Crippen molar-refractivity contribution >= 4 is 16.9 Å². The van der Waals surface area contributed by atoms with Gasteiger partial charge in [-0.2, -0.15) is 0 Å². The molecule has 0 spiro atoms. The summed E-state index contributed by atoms with van der Waals surface area (Å²) in [5, 5.41) is 2.77. The first kappa shape index (κ1) is 25.7. The molecular weight excluding hydrogens is 448 g/mol. The molecule has 3 aromatic carbocycles. The van der Waals surface area contributed by atoms with E-state index in [0.717, 1.165) is 31.4 Å². The maximum Gasteiger partial charge on any atom is 0.193 e. The van der Waals surface area contributed by atoms with Gasteiger partial charge in [-0.1, -0.05) is 117 Å². The quantitative estimate of drug-likeness (QED) is 0.324. The number of benzene rings is 3. The molecule has 35 heavy (non-hydrogen) atoms. The first-order valence-electron chi connectivity index (χ1n) is 13.0. The van der Waals surface area contributed by atoms with Gasteiger partial charge in [0.15, 0.2) is 5.12 Å². The minimum Gasteiger partial charge on any atom is -0.287 e. The second kappa shape index (κ2) is 13.1. The third-order valence-corrected chi connectivity index (χ3v) is 8.10. The molecule has 1 N–H and O–H groups in total. The van der Waals surface area contributed by atoms with E-state index < -0.39 is 0 Å². The van der Waals surface area contributed by atoms with Crippen LogP contribution in [0.15, 0.2) is 91.0 Å². The second-order valence-corrected chi connectivity index (χ2v) is 10.8. The highest BCUT2D eigenvalue weighted by Crippen LogP contribution is 2.41. The molecule has 3 nitrogen and oxygen atoms in total. The fraction of sp³-hybridized carbons (Fsp3) is 0.387. The number of thioether (sulfide) groups is 1. The van der Waals surface area contributed by atoms with Gasteiger partial charge >= 0.3 is 0 Å². The number of aryl methyl sites for hydroxylation is 1. The Morgan fingerprint density at radius 2 is 1.40 bits per heavy atom. The predicted octanol–water partition coefficient (Wildman–Crippen LogP) is 7.38. The largest absolute Gasteiger partial charge is 0.287 e. The second-order valence-electron chi connectivity index (χ2n) is 9.49. The molecule has 1 fully saturated rings. The molecule has 0 aromatic heterocycles. The molecule has 0 bridgehead atoms. The number of rotatable bonds is 10. The van der Waals surface area contributed by atoms with Crippen LogP contribution in [0.1, 0.15) is 68.3 Å². The van der Waals surface area contributed by atoms with Crippen LogP contribution in [0, 0.1) is 5.92 Å². The van der Waals surface area contributed by atoms with E-state index in [4.69, 9.17) is 0 Å². The SMILES string of the molecule is CCSC(=O)C(C)[C@H](CCc1ccccc1)NN1[C@H](c2ccccc2)CCC[C@H]1c1ccccc1. The Hall–Kier alpha value is -2.40. The van der Waals surface area contributed by atoms with Crippen molar-refractivity contribution < 1.29 is 4.79 Å². The molecule has 184 valence electrons. The van der Waals surface area contributed by atoms with E-state index in [1.807, 2.05) is 0 Å². The third-order valence-electron chi connectivity index (χ3n) is 7.16. The van der Waals surface area contributed by atoms with Gasteiger partial charge in [0, 0.05) is 24.0 Å². The maximum absolute atomic E-state index is 13.0. The van der Waals surface area contributed by atoms with E-state index in [9.17, 15) is 4.79 Å². The van der Waals surface area contributed by atoms with Crippen LogP contribution in [-0.4, -0.2) is 21.9 Å². The monoisotopic (exact) mass is 486 g/mol. The van der Waals surface area contributed by atoms with Crippen LogP contribution >= 0.6 is 11.8 Å². The number of carbonyl (C=O) groups excluding carboxylic acids is 1. The van der Waals surface area contributed by atoms with Gasteiger partial charge in [0.25, 0.3) is 0 Å². The molecule has 4 rings (SSSR count). The van der Waals surface area contributed by atoms with Crippen LogP contribution in [0.25, 0.3) is 0 Å². The van der Waals surface area contributed by atoms with Crippen molar-refractivity contribution in [3.63, 3.8) is 0 Å². The van der Waals surface area contributed by atoms with Crippen LogP contribution in [-0.2, 0) is 11.2 Å². The molecule has 1 saturated heterocycles. The summed E-state index contributed by atoms with van der Waals surface area (Å²) < 4.78 is 0. The normalized spacial score (nSPS) is 20.3. The number of nitrogens with zero attached hydrogens (tertiary/aromatic N) is 1. The lowest BCUT2D eigenvalue weighted by atomic mass is 9.88. The lowest BCUT2D eigenvalue weighted by molar-refractivity contribution is -0.116. The highest BCUT2D eigenvalue weighted by atomic mass is 32.2. The maximum atomic E-state index is 13.0. The average Bonchev–Trinajstić information content (AvgIpc) is 2.92. The predicted molar refractivity (Wildman–Crippen MR) is 148 cm³/mol. The Balaban J connectivity index is 1.64. The standard InChI is InChI=1S/C31H38N2OS/c1-3-35-31(34)24(2)28(23-22-25-14-7-4-8-15-25)32-33-29(26-16-9-5-10-17-26)20-13-21-30(33)27-18-11-6-12-19-27/h4-12,14-19,24,28-30,32H,3,13,20-23H2,1-2H3/t24?,28-,29-,30-/m0/s1. The van der Waals surface area contributed by atoms with Crippen molar-refractivity contribution in [2.75, 3.05) is 5.75 Å². The molecule has 0 aliphatic carbocycles. The van der Waals surface area contributed by atoms with Gasteiger partial charge in [0.1, 0.15) is 0 Å². The number of hydrazine groups is 1. The van der Waals surface area contributed by atoms with Crippen LogP contribution in [0.5, 0.6) is 0 Å². The fourth-order valence-corrected chi connectivity index (χ4v) is 5.92. The van der Waals surface area contributed by atoms with Crippen molar-refractivity contribution in [1.29, 1.82) is 0 Å². The molecule has 1 aliphatic rings. The van der Waals surface area contributed by atoms with Crippen LogP contribution < -0.4 is 5.43 Å². The van der Waals surface area contributed by atoms with Gasteiger partial charge in [0.2, 0.25) is 0 Å². The van der Waals surface area contributed by atoms with Crippen LogP contribution in [0.2, 0.25) is 0 Å². The highest BCUT2D eigenvalue weighted by Gasteiger charge is 2.36. The van der Waals surface area contributed by atoms with E-state index in [0.29, 0.717) is 0 Å². The number of carbonyl (C=O) groups is 1. The molecule has 0 radical (unpaired) electrons. The summed E-state index contributed by atoms with van der Waals surface area (Å²) in [6.07, 6.45) is 5.27. The number of hydrogen-bond donors (Lipinski definition) is 1. The Morgan fingerprint density at radius 1 is 0.886 bits per heavy atom. The van der Waals surface area contributed by atoms with Crippen LogP contribution in [0.4, 0.5) is 0 Å². The molecule has 0 amide bonds. The van der Waals surface area contributed by atoms with Crippen LogP contribution in [0.3, 0.4) is 0 Å². The van der Waals surface area contributed by atoms with E-state index >= 15 is 0 Å². The zero-order chi connectivity index (χ0) is 24.5. The summed E-state index contributed by atoms with van der Waals surface area (Å²) >= 11 is 1.45. The summed E-state index contributed by atoms with van der Waals surface area (Å²) in [7, 11) is 0. The Kier molecular flexibility index (Phi) is 9.58. The number of hydrogen-bond acceptors (Lipinski definition) is 4. The van der Waals surface area contributed by atoms with E-state index in [1.165, 1.54) is 34.9 Å². The van der Waals surface area contributed by atoms with Crippen molar-refractivity contribution in [2.45, 2.75) is 64.1 Å². The fourth-order valence-electron chi connectivity index (χ4n) is 5.21. The minimum atomic E-state index is -0.0709.